The Hall–Kier alpha value is -2.05. The maximum absolute atomic E-state index is 10.6. The molecule has 7 heteroatoms. The minimum atomic E-state index is -0.561. The Morgan fingerprint density at radius 2 is 2.36 bits per heavy atom. The van der Waals surface area contributed by atoms with Crippen LogP contribution in [-0.4, -0.2) is 24.1 Å². The van der Waals surface area contributed by atoms with Crippen LogP contribution in [0.4, 0.5) is 17.2 Å². The molecule has 14 heavy (non-hydrogen) atoms. The van der Waals surface area contributed by atoms with E-state index in [1.807, 2.05) is 0 Å². The summed E-state index contributed by atoms with van der Waals surface area (Å²) in [5.74, 6) is 0.293. The van der Waals surface area contributed by atoms with Crippen molar-refractivity contribution < 1.29 is 9.66 Å². The minimum absolute atomic E-state index is 0.126. The van der Waals surface area contributed by atoms with Crippen molar-refractivity contribution >= 4 is 17.2 Å². The van der Waals surface area contributed by atoms with Crippen molar-refractivity contribution in [3.63, 3.8) is 0 Å². The zero-order valence-corrected chi connectivity index (χ0v) is 7.77. The second kappa shape index (κ2) is 3.77. The van der Waals surface area contributed by atoms with Gasteiger partial charge in [-0.05, 0) is 0 Å². The Bertz CT molecular complexity index is 366. The first-order valence-electron chi connectivity index (χ1n) is 3.76. The molecule has 1 aromatic rings. The molecule has 0 unspecified atom stereocenters. The highest BCUT2D eigenvalue weighted by Gasteiger charge is 2.17. The van der Waals surface area contributed by atoms with Gasteiger partial charge in [0.25, 0.3) is 0 Å². The predicted molar refractivity (Wildman–Crippen MR) is 51.4 cm³/mol. The number of rotatable bonds is 3. The van der Waals surface area contributed by atoms with Crippen molar-refractivity contribution in [2.45, 2.75) is 0 Å². The Morgan fingerprint density at radius 3 is 2.79 bits per heavy atom. The summed E-state index contributed by atoms with van der Waals surface area (Å²) in [4.78, 5) is 13.8. The number of nitrogen functional groups attached to an aromatic ring is 1. The molecule has 0 aliphatic carbocycles. The largest absolute Gasteiger partial charge is 0.479 e. The van der Waals surface area contributed by atoms with Gasteiger partial charge in [0.2, 0.25) is 11.7 Å². The fraction of sp³-hybridized carbons (Fsp3) is 0.286. The molecule has 0 saturated heterocycles. The number of pyridine rings is 1. The van der Waals surface area contributed by atoms with Crippen LogP contribution in [0.15, 0.2) is 6.07 Å². The number of anilines is 2. The van der Waals surface area contributed by atoms with E-state index in [-0.39, 0.29) is 23.1 Å². The molecule has 76 valence electrons. The third-order valence-electron chi connectivity index (χ3n) is 1.62. The number of nitro groups is 1. The molecular formula is C7H10N4O3. The van der Waals surface area contributed by atoms with Crippen LogP contribution in [0.25, 0.3) is 0 Å². The van der Waals surface area contributed by atoms with E-state index in [0.29, 0.717) is 0 Å². The SMILES string of the molecule is CNc1nc(OC)c(N)cc1[N+](=O)[O-]. The summed E-state index contributed by atoms with van der Waals surface area (Å²) in [6, 6.07) is 1.21. The fourth-order valence-electron chi connectivity index (χ4n) is 0.987. The van der Waals surface area contributed by atoms with Crippen LogP contribution in [0.2, 0.25) is 0 Å². The lowest BCUT2D eigenvalue weighted by Gasteiger charge is -2.06. The van der Waals surface area contributed by atoms with E-state index >= 15 is 0 Å². The highest BCUT2D eigenvalue weighted by atomic mass is 16.6. The molecular weight excluding hydrogens is 188 g/mol. The summed E-state index contributed by atoms with van der Waals surface area (Å²) in [6.45, 7) is 0. The van der Waals surface area contributed by atoms with Gasteiger partial charge in [-0.3, -0.25) is 10.1 Å². The molecule has 0 aliphatic rings. The van der Waals surface area contributed by atoms with Gasteiger partial charge in [0, 0.05) is 13.1 Å². The van der Waals surface area contributed by atoms with Gasteiger partial charge in [0.15, 0.2) is 0 Å². The molecule has 0 spiro atoms. The molecule has 0 radical (unpaired) electrons. The number of nitrogens with two attached hydrogens (primary N) is 1. The van der Waals surface area contributed by atoms with Crippen molar-refractivity contribution in [2.75, 3.05) is 25.2 Å². The maximum atomic E-state index is 10.6. The standard InChI is InChI=1S/C7H10N4O3/c1-9-6-5(11(12)13)3-4(8)7(10-6)14-2/h3H,8H2,1-2H3,(H,9,10). The van der Waals surface area contributed by atoms with Crippen molar-refractivity contribution in [3.05, 3.63) is 16.2 Å². The molecule has 0 atom stereocenters. The lowest BCUT2D eigenvalue weighted by atomic mass is 10.3. The Morgan fingerprint density at radius 1 is 1.71 bits per heavy atom. The third kappa shape index (κ3) is 1.65. The van der Waals surface area contributed by atoms with Gasteiger partial charge in [0.05, 0.1) is 12.0 Å². The first-order chi connectivity index (χ1) is 6.60. The normalized spacial score (nSPS) is 9.57. The van der Waals surface area contributed by atoms with Crippen molar-refractivity contribution in [2.24, 2.45) is 0 Å². The van der Waals surface area contributed by atoms with Crippen LogP contribution in [0.3, 0.4) is 0 Å². The van der Waals surface area contributed by atoms with Crippen molar-refractivity contribution in [1.29, 1.82) is 0 Å². The average molecular weight is 198 g/mol. The summed E-state index contributed by atoms with van der Waals surface area (Å²) in [5, 5.41) is 13.2. The number of methoxy groups -OCH3 is 1. The number of ether oxygens (including phenoxy) is 1. The summed E-state index contributed by atoms with van der Waals surface area (Å²) in [6.07, 6.45) is 0. The molecule has 0 fully saturated rings. The van der Waals surface area contributed by atoms with E-state index in [2.05, 4.69) is 10.3 Å². The average Bonchev–Trinajstić information content (AvgIpc) is 2.17. The van der Waals surface area contributed by atoms with Crippen LogP contribution in [-0.2, 0) is 0 Å². The van der Waals surface area contributed by atoms with Gasteiger partial charge in [-0.1, -0.05) is 0 Å². The monoisotopic (exact) mass is 198 g/mol. The number of hydrogen-bond donors (Lipinski definition) is 2. The lowest BCUT2D eigenvalue weighted by Crippen LogP contribution is -2.03. The molecule has 3 N–H and O–H groups in total. The molecule has 7 nitrogen and oxygen atoms in total. The van der Waals surface area contributed by atoms with Gasteiger partial charge in [-0.2, -0.15) is 4.98 Å². The molecule has 1 heterocycles. The smallest absolute Gasteiger partial charge is 0.313 e. The van der Waals surface area contributed by atoms with Crippen LogP contribution < -0.4 is 15.8 Å². The van der Waals surface area contributed by atoms with Crippen LogP contribution in [0.1, 0.15) is 0 Å². The molecule has 1 aromatic heterocycles. The number of nitrogens with zero attached hydrogens (tertiary/aromatic N) is 2. The molecule has 0 aliphatic heterocycles. The Kier molecular flexibility index (Phi) is 2.70. The van der Waals surface area contributed by atoms with Gasteiger partial charge in [0.1, 0.15) is 5.69 Å². The maximum Gasteiger partial charge on any atom is 0.313 e. The van der Waals surface area contributed by atoms with Gasteiger partial charge >= 0.3 is 5.69 Å². The predicted octanol–water partition coefficient (Wildman–Crippen LogP) is 0.622. The van der Waals surface area contributed by atoms with Gasteiger partial charge in [-0.25, -0.2) is 0 Å². The molecule has 0 aromatic carbocycles. The van der Waals surface area contributed by atoms with E-state index in [0.717, 1.165) is 0 Å². The van der Waals surface area contributed by atoms with E-state index in [1.165, 1.54) is 20.2 Å². The summed E-state index contributed by atoms with van der Waals surface area (Å²) >= 11 is 0. The molecule has 0 bridgehead atoms. The van der Waals surface area contributed by atoms with E-state index < -0.39 is 4.92 Å². The highest BCUT2D eigenvalue weighted by Crippen LogP contribution is 2.29. The zero-order valence-electron chi connectivity index (χ0n) is 7.77. The Balaban J connectivity index is 3.31. The minimum Gasteiger partial charge on any atom is -0.479 e. The molecule has 0 amide bonds. The van der Waals surface area contributed by atoms with Crippen LogP contribution in [0, 0.1) is 10.1 Å². The number of nitrogens with one attached hydrogen (secondary N) is 1. The lowest BCUT2D eigenvalue weighted by molar-refractivity contribution is -0.384. The number of aromatic nitrogens is 1. The first kappa shape index (κ1) is 10.0. The van der Waals surface area contributed by atoms with Crippen LogP contribution >= 0.6 is 0 Å². The first-order valence-corrected chi connectivity index (χ1v) is 3.76. The highest BCUT2D eigenvalue weighted by molar-refractivity contribution is 5.65. The quantitative estimate of drug-likeness (QED) is 0.545. The fourth-order valence-corrected chi connectivity index (χ4v) is 0.987. The third-order valence-corrected chi connectivity index (χ3v) is 1.62. The van der Waals surface area contributed by atoms with E-state index in [9.17, 15) is 10.1 Å². The second-order valence-corrected chi connectivity index (χ2v) is 2.46. The zero-order chi connectivity index (χ0) is 10.7. The molecule has 1 rings (SSSR count). The topological polar surface area (TPSA) is 103 Å². The van der Waals surface area contributed by atoms with Crippen molar-refractivity contribution in [3.8, 4) is 5.88 Å². The number of hydrogen-bond acceptors (Lipinski definition) is 6. The summed E-state index contributed by atoms with van der Waals surface area (Å²) in [7, 11) is 2.93. The second-order valence-electron chi connectivity index (χ2n) is 2.46. The summed E-state index contributed by atoms with van der Waals surface area (Å²) in [5.41, 5.74) is 5.44. The van der Waals surface area contributed by atoms with E-state index in [4.69, 9.17) is 10.5 Å². The summed E-state index contributed by atoms with van der Waals surface area (Å²) < 4.78 is 4.82. The molecule has 0 saturated carbocycles. The van der Waals surface area contributed by atoms with Gasteiger partial charge in [-0.15, -0.1) is 0 Å². The van der Waals surface area contributed by atoms with E-state index in [1.54, 1.807) is 0 Å². The van der Waals surface area contributed by atoms with Crippen molar-refractivity contribution in [1.82, 2.24) is 4.98 Å². The van der Waals surface area contributed by atoms with Crippen LogP contribution in [0.5, 0.6) is 5.88 Å². The van der Waals surface area contributed by atoms with Gasteiger partial charge < -0.3 is 15.8 Å². The Labute approximate surface area is 80.0 Å².